The molecule has 0 aliphatic carbocycles. The molecule has 0 heterocycles. The second kappa shape index (κ2) is 7.80. The summed E-state index contributed by atoms with van der Waals surface area (Å²) in [5.74, 6) is 1.26. The van der Waals surface area contributed by atoms with Crippen LogP contribution in [0.2, 0.25) is 0 Å². The SMILES string of the molecule is CC(C)CNCC(C)c1ccc(COC(C)(C)C)cc1. The molecular formula is C18H31NO. The molecule has 2 heteroatoms. The van der Waals surface area contributed by atoms with Crippen molar-refractivity contribution >= 4 is 0 Å². The van der Waals surface area contributed by atoms with E-state index in [9.17, 15) is 0 Å². The van der Waals surface area contributed by atoms with Gasteiger partial charge in [0, 0.05) is 6.54 Å². The summed E-state index contributed by atoms with van der Waals surface area (Å²) >= 11 is 0. The Hall–Kier alpha value is -0.860. The second-order valence-corrected chi connectivity index (χ2v) is 7.10. The van der Waals surface area contributed by atoms with Gasteiger partial charge in [0.15, 0.2) is 0 Å². The van der Waals surface area contributed by atoms with Gasteiger partial charge in [0.1, 0.15) is 0 Å². The lowest BCUT2D eigenvalue weighted by Gasteiger charge is -2.20. The van der Waals surface area contributed by atoms with E-state index in [1.165, 1.54) is 11.1 Å². The van der Waals surface area contributed by atoms with Crippen LogP contribution in [-0.2, 0) is 11.3 Å². The normalized spacial score (nSPS) is 13.8. The molecule has 0 fully saturated rings. The lowest BCUT2D eigenvalue weighted by atomic mass is 9.99. The van der Waals surface area contributed by atoms with Gasteiger partial charge in [-0.15, -0.1) is 0 Å². The molecule has 1 N–H and O–H groups in total. The summed E-state index contributed by atoms with van der Waals surface area (Å²) in [6, 6.07) is 8.81. The van der Waals surface area contributed by atoms with Gasteiger partial charge in [0.05, 0.1) is 12.2 Å². The first kappa shape index (κ1) is 17.2. The zero-order valence-corrected chi connectivity index (χ0v) is 14.0. The molecule has 1 atom stereocenters. The molecule has 20 heavy (non-hydrogen) atoms. The Balaban J connectivity index is 2.45. The molecule has 0 aliphatic rings. The summed E-state index contributed by atoms with van der Waals surface area (Å²) in [7, 11) is 0. The Bertz CT molecular complexity index is 375. The number of rotatable bonds is 7. The van der Waals surface area contributed by atoms with Crippen molar-refractivity contribution in [1.29, 1.82) is 0 Å². The van der Waals surface area contributed by atoms with Crippen molar-refractivity contribution in [2.75, 3.05) is 13.1 Å². The predicted molar refractivity (Wildman–Crippen MR) is 87.1 cm³/mol. The van der Waals surface area contributed by atoms with E-state index in [0.717, 1.165) is 13.1 Å². The summed E-state index contributed by atoms with van der Waals surface area (Å²) < 4.78 is 5.79. The standard InChI is InChI=1S/C18H31NO/c1-14(2)11-19-12-15(3)17-9-7-16(8-10-17)13-20-18(4,5)6/h7-10,14-15,19H,11-13H2,1-6H3. The van der Waals surface area contributed by atoms with Crippen molar-refractivity contribution in [2.24, 2.45) is 5.92 Å². The minimum atomic E-state index is -0.0767. The van der Waals surface area contributed by atoms with Crippen LogP contribution in [0.25, 0.3) is 0 Å². The van der Waals surface area contributed by atoms with Crippen LogP contribution in [0.3, 0.4) is 0 Å². The lowest BCUT2D eigenvalue weighted by Crippen LogP contribution is -2.24. The van der Waals surface area contributed by atoms with E-state index in [4.69, 9.17) is 4.74 Å². The first-order chi connectivity index (χ1) is 9.28. The summed E-state index contributed by atoms with van der Waals surface area (Å²) in [5, 5.41) is 3.52. The fourth-order valence-electron chi connectivity index (χ4n) is 1.95. The highest BCUT2D eigenvalue weighted by Crippen LogP contribution is 2.17. The molecule has 0 radical (unpaired) electrons. The van der Waals surface area contributed by atoms with E-state index in [2.05, 4.69) is 71.1 Å². The third-order valence-electron chi connectivity index (χ3n) is 3.22. The summed E-state index contributed by atoms with van der Waals surface area (Å²) in [4.78, 5) is 0. The number of ether oxygens (including phenoxy) is 1. The van der Waals surface area contributed by atoms with Gasteiger partial charge in [0.25, 0.3) is 0 Å². The average molecular weight is 277 g/mol. The maximum atomic E-state index is 5.79. The zero-order chi connectivity index (χ0) is 15.2. The van der Waals surface area contributed by atoms with Crippen molar-refractivity contribution in [3.05, 3.63) is 35.4 Å². The van der Waals surface area contributed by atoms with Gasteiger partial charge >= 0.3 is 0 Å². The maximum absolute atomic E-state index is 5.79. The fraction of sp³-hybridized carbons (Fsp3) is 0.667. The third kappa shape index (κ3) is 7.06. The van der Waals surface area contributed by atoms with Crippen LogP contribution in [0.1, 0.15) is 58.6 Å². The van der Waals surface area contributed by atoms with Crippen LogP contribution in [0.15, 0.2) is 24.3 Å². The Labute approximate surface area is 124 Å². The van der Waals surface area contributed by atoms with Gasteiger partial charge in [-0.05, 0) is 50.3 Å². The molecule has 0 spiro atoms. The van der Waals surface area contributed by atoms with E-state index >= 15 is 0 Å². The average Bonchev–Trinajstić information content (AvgIpc) is 2.35. The van der Waals surface area contributed by atoms with Crippen molar-refractivity contribution in [2.45, 2.75) is 59.7 Å². The minimum Gasteiger partial charge on any atom is -0.371 e. The molecule has 1 rings (SSSR count). The second-order valence-electron chi connectivity index (χ2n) is 7.10. The highest BCUT2D eigenvalue weighted by atomic mass is 16.5. The molecule has 0 bridgehead atoms. The van der Waals surface area contributed by atoms with Gasteiger partial charge in [-0.1, -0.05) is 45.0 Å². The minimum absolute atomic E-state index is 0.0767. The molecule has 0 aliphatic heterocycles. The van der Waals surface area contributed by atoms with Crippen LogP contribution >= 0.6 is 0 Å². The first-order valence-corrected chi connectivity index (χ1v) is 7.71. The van der Waals surface area contributed by atoms with Crippen LogP contribution in [0.4, 0.5) is 0 Å². The van der Waals surface area contributed by atoms with Crippen molar-refractivity contribution in [3.63, 3.8) is 0 Å². The third-order valence-corrected chi connectivity index (χ3v) is 3.22. The molecule has 114 valence electrons. The van der Waals surface area contributed by atoms with E-state index in [-0.39, 0.29) is 5.60 Å². The molecule has 1 aromatic rings. The fourth-order valence-corrected chi connectivity index (χ4v) is 1.95. The smallest absolute Gasteiger partial charge is 0.0724 e. The molecular weight excluding hydrogens is 246 g/mol. The molecule has 0 saturated heterocycles. The van der Waals surface area contributed by atoms with Gasteiger partial charge in [-0.25, -0.2) is 0 Å². The molecule has 2 nitrogen and oxygen atoms in total. The van der Waals surface area contributed by atoms with Gasteiger partial charge in [-0.3, -0.25) is 0 Å². The lowest BCUT2D eigenvalue weighted by molar-refractivity contribution is -0.0149. The van der Waals surface area contributed by atoms with Gasteiger partial charge in [0.2, 0.25) is 0 Å². The molecule has 0 aromatic heterocycles. The molecule has 1 aromatic carbocycles. The highest BCUT2D eigenvalue weighted by Gasteiger charge is 2.10. The Morgan fingerprint density at radius 1 is 1.00 bits per heavy atom. The molecule has 0 saturated carbocycles. The Morgan fingerprint density at radius 2 is 1.60 bits per heavy atom. The van der Waals surface area contributed by atoms with Crippen LogP contribution < -0.4 is 5.32 Å². The van der Waals surface area contributed by atoms with Crippen LogP contribution in [0, 0.1) is 5.92 Å². The number of hydrogen-bond acceptors (Lipinski definition) is 2. The van der Waals surface area contributed by atoms with Crippen LogP contribution in [0.5, 0.6) is 0 Å². The molecule has 0 amide bonds. The number of hydrogen-bond donors (Lipinski definition) is 1. The highest BCUT2D eigenvalue weighted by molar-refractivity contribution is 5.25. The monoisotopic (exact) mass is 277 g/mol. The van der Waals surface area contributed by atoms with E-state index in [0.29, 0.717) is 18.4 Å². The topological polar surface area (TPSA) is 21.3 Å². The van der Waals surface area contributed by atoms with E-state index < -0.39 is 0 Å². The molecule has 1 unspecified atom stereocenters. The first-order valence-electron chi connectivity index (χ1n) is 7.71. The van der Waals surface area contributed by atoms with Crippen LogP contribution in [-0.4, -0.2) is 18.7 Å². The summed E-state index contributed by atoms with van der Waals surface area (Å²) in [6.45, 7) is 15.8. The van der Waals surface area contributed by atoms with Crippen molar-refractivity contribution < 1.29 is 4.74 Å². The quantitative estimate of drug-likeness (QED) is 0.800. The largest absolute Gasteiger partial charge is 0.371 e. The van der Waals surface area contributed by atoms with E-state index in [1.54, 1.807) is 0 Å². The summed E-state index contributed by atoms with van der Waals surface area (Å²) in [5.41, 5.74) is 2.55. The predicted octanol–water partition coefficient (Wildman–Crippen LogP) is 4.35. The van der Waals surface area contributed by atoms with Crippen molar-refractivity contribution in [1.82, 2.24) is 5.32 Å². The Kier molecular flexibility index (Phi) is 6.70. The van der Waals surface area contributed by atoms with Gasteiger partial charge in [-0.2, -0.15) is 0 Å². The zero-order valence-electron chi connectivity index (χ0n) is 14.0. The Morgan fingerprint density at radius 3 is 2.10 bits per heavy atom. The number of benzene rings is 1. The number of nitrogens with one attached hydrogen (secondary N) is 1. The van der Waals surface area contributed by atoms with Crippen molar-refractivity contribution in [3.8, 4) is 0 Å². The summed E-state index contributed by atoms with van der Waals surface area (Å²) in [6.07, 6.45) is 0. The maximum Gasteiger partial charge on any atom is 0.0724 e. The van der Waals surface area contributed by atoms with E-state index in [1.807, 2.05) is 0 Å². The van der Waals surface area contributed by atoms with Gasteiger partial charge < -0.3 is 10.1 Å².